The summed E-state index contributed by atoms with van der Waals surface area (Å²) in [6.45, 7) is 3.38. The quantitative estimate of drug-likeness (QED) is 0.838. The van der Waals surface area contributed by atoms with Crippen molar-refractivity contribution in [3.05, 3.63) is 29.8 Å². The SMILES string of the molecule is CCC(C)C(O)CNS(=O)(=O)c1cc(F)ccc1F. The van der Waals surface area contributed by atoms with Gasteiger partial charge in [0.2, 0.25) is 10.0 Å². The second-order valence-corrected chi connectivity index (χ2v) is 6.11. The van der Waals surface area contributed by atoms with Gasteiger partial charge in [-0.2, -0.15) is 0 Å². The molecule has 0 saturated carbocycles. The van der Waals surface area contributed by atoms with Crippen molar-refractivity contribution in [1.82, 2.24) is 4.72 Å². The molecule has 0 radical (unpaired) electrons. The van der Waals surface area contributed by atoms with Crippen LogP contribution in [0.1, 0.15) is 20.3 Å². The Morgan fingerprint density at radius 1 is 1.37 bits per heavy atom. The maximum atomic E-state index is 13.4. The molecule has 0 aliphatic carbocycles. The van der Waals surface area contributed by atoms with E-state index in [2.05, 4.69) is 4.72 Å². The van der Waals surface area contributed by atoms with E-state index in [1.54, 1.807) is 6.92 Å². The fraction of sp³-hybridized carbons (Fsp3) is 0.500. The molecule has 0 aliphatic rings. The Hall–Kier alpha value is -1.05. The topological polar surface area (TPSA) is 66.4 Å². The number of sulfonamides is 1. The third-order valence-electron chi connectivity index (χ3n) is 2.97. The molecule has 2 unspecified atom stereocenters. The first-order valence-electron chi connectivity index (χ1n) is 5.90. The van der Waals surface area contributed by atoms with Crippen LogP contribution in [0.25, 0.3) is 0 Å². The zero-order valence-corrected chi connectivity index (χ0v) is 11.5. The van der Waals surface area contributed by atoms with Gasteiger partial charge < -0.3 is 5.11 Å². The van der Waals surface area contributed by atoms with E-state index < -0.39 is 32.7 Å². The minimum Gasteiger partial charge on any atom is -0.391 e. The third kappa shape index (κ3) is 4.22. The van der Waals surface area contributed by atoms with Gasteiger partial charge in [0.25, 0.3) is 0 Å². The van der Waals surface area contributed by atoms with Crippen molar-refractivity contribution in [2.75, 3.05) is 6.54 Å². The lowest BCUT2D eigenvalue weighted by atomic mass is 10.0. The molecule has 7 heteroatoms. The maximum absolute atomic E-state index is 13.4. The van der Waals surface area contributed by atoms with Crippen molar-refractivity contribution in [2.45, 2.75) is 31.3 Å². The average Bonchev–Trinajstić information content (AvgIpc) is 2.37. The number of hydrogen-bond acceptors (Lipinski definition) is 3. The predicted octanol–water partition coefficient (Wildman–Crippen LogP) is 1.65. The van der Waals surface area contributed by atoms with Gasteiger partial charge in [0.15, 0.2) is 0 Å². The number of hydrogen-bond donors (Lipinski definition) is 2. The molecule has 0 aliphatic heterocycles. The first kappa shape index (κ1) is 16.0. The first-order valence-corrected chi connectivity index (χ1v) is 7.39. The van der Waals surface area contributed by atoms with Crippen LogP contribution in [-0.4, -0.2) is 26.2 Å². The molecule has 0 saturated heterocycles. The highest BCUT2D eigenvalue weighted by Gasteiger charge is 2.22. The molecule has 1 aromatic rings. The molecule has 0 amide bonds. The van der Waals surface area contributed by atoms with Crippen LogP contribution >= 0.6 is 0 Å². The van der Waals surface area contributed by atoms with E-state index in [4.69, 9.17) is 0 Å². The van der Waals surface area contributed by atoms with Gasteiger partial charge >= 0.3 is 0 Å². The van der Waals surface area contributed by atoms with Crippen LogP contribution < -0.4 is 4.72 Å². The van der Waals surface area contributed by atoms with Crippen molar-refractivity contribution in [2.24, 2.45) is 5.92 Å². The van der Waals surface area contributed by atoms with Crippen molar-refractivity contribution in [3.63, 3.8) is 0 Å². The minimum atomic E-state index is -4.18. The Kier molecular flexibility index (Phi) is 5.39. The highest BCUT2D eigenvalue weighted by Crippen LogP contribution is 2.16. The van der Waals surface area contributed by atoms with Gasteiger partial charge in [-0.1, -0.05) is 20.3 Å². The molecule has 0 fully saturated rings. The number of halogens is 2. The molecular weight excluding hydrogens is 276 g/mol. The van der Waals surface area contributed by atoms with E-state index in [-0.39, 0.29) is 12.5 Å². The lowest BCUT2D eigenvalue weighted by Gasteiger charge is -2.17. The molecule has 2 atom stereocenters. The van der Waals surface area contributed by atoms with E-state index in [0.29, 0.717) is 12.5 Å². The van der Waals surface area contributed by atoms with Gasteiger partial charge in [0.1, 0.15) is 16.5 Å². The highest BCUT2D eigenvalue weighted by atomic mass is 32.2. The summed E-state index contributed by atoms with van der Waals surface area (Å²) in [5, 5.41) is 9.66. The first-order chi connectivity index (χ1) is 8.77. The van der Waals surface area contributed by atoms with E-state index in [0.717, 1.165) is 12.1 Å². The lowest BCUT2D eigenvalue weighted by Crippen LogP contribution is -2.35. The van der Waals surface area contributed by atoms with E-state index >= 15 is 0 Å². The lowest BCUT2D eigenvalue weighted by molar-refractivity contribution is 0.118. The predicted molar refractivity (Wildman–Crippen MR) is 67.0 cm³/mol. The Morgan fingerprint density at radius 3 is 2.58 bits per heavy atom. The number of aliphatic hydroxyl groups excluding tert-OH is 1. The Balaban J connectivity index is 2.85. The monoisotopic (exact) mass is 293 g/mol. The minimum absolute atomic E-state index is 0.0972. The Bertz CT molecular complexity index is 534. The number of benzene rings is 1. The molecule has 0 heterocycles. The van der Waals surface area contributed by atoms with Crippen LogP contribution in [0.3, 0.4) is 0 Å². The molecule has 108 valence electrons. The summed E-state index contributed by atoms with van der Waals surface area (Å²) in [4.78, 5) is -0.760. The van der Waals surface area contributed by atoms with E-state index in [9.17, 15) is 22.3 Å². The normalized spacial score (nSPS) is 15.2. The number of rotatable bonds is 6. The molecule has 4 nitrogen and oxygen atoms in total. The fourth-order valence-corrected chi connectivity index (χ4v) is 2.57. The van der Waals surface area contributed by atoms with E-state index in [1.807, 2.05) is 6.92 Å². The van der Waals surface area contributed by atoms with Gasteiger partial charge in [0.05, 0.1) is 6.10 Å². The van der Waals surface area contributed by atoms with Crippen molar-refractivity contribution < 1.29 is 22.3 Å². The maximum Gasteiger partial charge on any atom is 0.243 e. The zero-order chi connectivity index (χ0) is 14.6. The zero-order valence-electron chi connectivity index (χ0n) is 10.7. The molecule has 0 spiro atoms. The molecule has 1 aromatic carbocycles. The van der Waals surface area contributed by atoms with Gasteiger partial charge in [-0.05, 0) is 24.1 Å². The Morgan fingerprint density at radius 2 is 2.00 bits per heavy atom. The summed E-state index contributed by atoms with van der Waals surface area (Å²) in [6.07, 6.45) is -0.201. The molecule has 0 aromatic heterocycles. The van der Waals surface area contributed by atoms with Gasteiger partial charge in [-0.25, -0.2) is 21.9 Å². The van der Waals surface area contributed by atoms with Crippen molar-refractivity contribution in [3.8, 4) is 0 Å². The summed E-state index contributed by atoms with van der Waals surface area (Å²) in [7, 11) is -4.18. The van der Waals surface area contributed by atoms with Crippen LogP contribution in [0.15, 0.2) is 23.1 Å². The second kappa shape index (κ2) is 6.40. The molecule has 0 bridgehead atoms. The Labute approximate surface area is 111 Å². The van der Waals surface area contributed by atoms with Crippen LogP contribution in [0.4, 0.5) is 8.78 Å². The largest absolute Gasteiger partial charge is 0.391 e. The molecule has 2 N–H and O–H groups in total. The smallest absolute Gasteiger partial charge is 0.243 e. The van der Waals surface area contributed by atoms with Crippen molar-refractivity contribution >= 4 is 10.0 Å². The highest BCUT2D eigenvalue weighted by molar-refractivity contribution is 7.89. The van der Waals surface area contributed by atoms with Gasteiger partial charge in [0, 0.05) is 6.54 Å². The summed E-state index contributed by atoms with van der Waals surface area (Å²) in [5.41, 5.74) is 0. The molecule has 1 rings (SSSR count). The van der Waals surface area contributed by atoms with Crippen LogP contribution in [0.5, 0.6) is 0 Å². The van der Waals surface area contributed by atoms with Crippen LogP contribution in [-0.2, 0) is 10.0 Å². The number of nitrogens with one attached hydrogen (secondary N) is 1. The van der Waals surface area contributed by atoms with Crippen molar-refractivity contribution in [1.29, 1.82) is 0 Å². The summed E-state index contributed by atoms with van der Waals surface area (Å²) < 4.78 is 52.0. The number of aliphatic hydroxyl groups is 1. The summed E-state index contributed by atoms with van der Waals surface area (Å²) >= 11 is 0. The van der Waals surface area contributed by atoms with Gasteiger partial charge in [-0.15, -0.1) is 0 Å². The fourth-order valence-electron chi connectivity index (χ4n) is 1.43. The van der Waals surface area contributed by atoms with Gasteiger partial charge in [-0.3, -0.25) is 0 Å². The third-order valence-corrected chi connectivity index (χ3v) is 4.40. The van der Waals surface area contributed by atoms with E-state index in [1.165, 1.54) is 0 Å². The molecular formula is C12H17F2NO3S. The molecule has 19 heavy (non-hydrogen) atoms. The average molecular weight is 293 g/mol. The van der Waals surface area contributed by atoms with Crippen LogP contribution in [0.2, 0.25) is 0 Å². The summed E-state index contributed by atoms with van der Waals surface area (Å²) in [5.74, 6) is -1.98. The standard InChI is InChI=1S/C12H17F2NO3S/c1-3-8(2)11(16)7-15-19(17,18)12-6-9(13)4-5-10(12)14/h4-6,8,11,15-16H,3,7H2,1-2H3. The second-order valence-electron chi connectivity index (χ2n) is 4.38. The van der Waals surface area contributed by atoms with Crippen LogP contribution in [0, 0.1) is 17.6 Å². The summed E-state index contributed by atoms with van der Waals surface area (Å²) in [6, 6.07) is 2.19.